The maximum absolute atomic E-state index is 11.6. The third kappa shape index (κ3) is 3.06. The highest BCUT2D eigenvalue weighted by Gasteiger charge is 2.20. The van der Waals surface area contributed by atoms with Gasteiger partial charge in [0.15, 0.2) is 0 Å². The number of nitrogens with two attached hydrogens (primary N) is 1. The fourth-order valence-corrected chi connectivity index (χ4v) is 1.18. The SMILES string of the molecule is C[C@H](NC(=O)[C@@H](N)c1ccccc1)C(=O)O. The summed E-state index contributed by atoms with van der Waals surface area (Å²) in [6, 6.07) is 7.00. The molecule has 0 radical (unpaired) electrons. The fourth-order valence-electron chi connectivity index (χ4n) is 1.18. The average molecular weight is 222 g/mol. The predicted molar refractivity (Wildman–Crippen MR) is 58.6 cm³/mol. The molecule has 1 aromatic carbocycles. The summed E-state index contributed by atoms with van der Waals surface area (Å²) in [6.45, 7) is 1.39. The van der Waals surface area contributed by atoms with E-state index in [4.69, 9.17) is 10.8 Å². The molecule has 1 amide bonds. The van der Waals surface area contributed by atoms with Gasteiger partial charge in [-0.2, -0.15) is 0 Å². The van der Waals surface area contributed by atoms with Crippen LogP contribution in [-0.4, -0.2) is 23.0 Å². The molecule has 0 saturated carbocycles. The van der Waals surface area contributed by atoms with Crippen molar-refractivity contribution in [3.05, 3.63) is 35.9 Å². The molecule has 0 aromatic heterocycles. The van der Waals surface area contributed by atoms with Crippen LogP contribution in [-0.2, 0) is 9.59 Å². The molecule has 0 aliphatic carbocycles. The second kappa shape index (κ2) is 5.27. The van der Waals surface area contributed by atoms with Crippen molar-refractivity contribution in [1.29, 1.82) is 0 Å². The molecule has 1 rings (SSSR count). The lowest BCUT2D eigenvalue weighted by Gasteiger charge is -2.14. The summed E-state index contributed by atoms with van der Waals surface area (Å²) in [4.78, 5) is 22.1. The van der Waals surface area contributed by atoms with Crippen LogP contribution in [0.3, 0.4) is 0 Å². The maximum atomic E-state index is 11.6. The number of carboxylic acids is 1. The zero-order valence-electron chi connectivity index (χ0n) is 8.88. The van der Waals surface area contributed by atoms with E-state index in [2.05, 4.69) is 5.32 Å². The zero-order valence-corrected chi connectivity index (χ0v) is 8.88. The summed E-state index contributed by atoms with van der Waals surface area (Å²) < 4.78 is 0. The second-order valence-corrected chi connectivity index (χ2v) is 3.46. The molecule has 0 spiro atoms. The molecule has 4 N–H and O–H groups in total. The largest absolute Gasteiger partial charge is 0.480 e. The van der Waals surface area contributed by atoms with E-state index < -0.39 is 24.0 Å². The summed E-state index contributed by atoms with van der Waals surface area (Å²) in [5, 5.41) is 10.9. The van der Waals surface area contributed by atoms with Gasteiger partial charge in [0.2, 0.25) is 5.91 Å². The molecule has 0 aliphatic rings. The number of aliphatic carboxylic acids is 1. The molecule has 2 atom stereocenters. The summed E-state index contributed by atoms with van der Waals surface area (Å²) in [5.41, 5.74) is 6.33. The summed E-state index contributed by atoms with van der Waals surface area (Å²) >= 11 is 0. The van der Waals surface area contributed by atoms with Crippen LogP contribution < -0.4 is 11.1 Å². The van der Waals surface area contributed by atoms with E-state index in [0.717, 1.165) is 0 Å². The Morgan fingerprint density at radius 1 is 1.31 bits per heavy atom. The Morgan fingerprint density at radius 2 is 1.88 bits per heavy atom. The van der Waals surface area contributed by atoms with Crippen LogP contribution >= 0.6 is 0 Å². The van der Waals surface area contributed by atoms with Crippen LogP contribution in [0.1, 0.15) is 18.5 Å². The van der Waals surface area contributed by atoms with E-state index in [1.54, 1.807) is 24.3 Å². The molecule has 0 bridgehead atoms. The van der Waals surface area contributed by atoms with Gasteiger partial charge in [0, 0.05) is 0 Å². The fraction of sp³-hybridized carbons (Fsp3) is 0.273. The molecule has 1 aromatic rings. The van der Waals surface area contributed by atoms with E-state index in [1.165, 1.54) is 6.92 Å². The quantitative estimate of drug-likeness (QED) is 0.682. The van der Waals surface area contributed by atoms with Crippen LogP contribution in [0.4, 0.5) is 0 Å². The molecule has 5 heteroatoms. The Balaban J connectivity index is 2.65. The number of carboxylic acid groups (broad SMARTS) is 1. The van der Waals surface area contributed by atoms with Gasteiger partial charge < -0.3 is 16.2 Å². The molecule has 16 heavy (non-hydrogen) atoms. The minimum Gasteiger partial charge on any atom is -0.480 e. The Hall–Kier alpha value is -1.88. The van der Waals surface area contributed by atoms with Gasteiger partial charge in [0.25, 0.3) is 0 Å². The Labute approximate surface area is 93.3 Å². The van der Waals surface area contributed by atoms with E-state index in [1.807, 2.05) is 6.07 Å². The van der Waals surface area contributed by atoms with Crippen LogP contribution in [0, 0.1) is 0 Å². The van der Waals surface area contributed by atoms with Gasteiger partial charge in [-0.3, -0.25) is 9.59 Å². The van der Waals surface area contributed by atoms with Gasteiger partial charge >= 0.3 is 5.97 Å². The van der Waals surface area contributed by atoms with Crippen molar-refractivity contribution in [2.24, 2.45) is 5.73 Å². The first kappa shape index (κ1) is 12.2. The number of amides is 1. The van der Waals surface area contributed by atoms with Crippen LogP contribution in [0.25, 0.3) is 0 Å². The van der Waals surface area contributed by atoms with Gasteiger partial charge in [-0.05, 0) is 12.5 Å². The van der Waals surface area contributed by atoms with Crippen LogP contribution in [0.2, 0.25) is 0 Å². The van der Waals surface area contributed by atoms with Crippen molar-refractivity contribution < 1.29 is 14.7 Å². The first-order valence-electron chi connectivity index (χ1n) is 4.86. The molecule has 0 fully saturated rings. The zero-order chi connectivity index (χ0) is 12.1. The topological polar surface area (TPSA) is 92.4 Å². The van der Waals surface area contributed by atoms with Crippen molar-refractivity contribution in [3.63, 3.8) is 0 Å². The number of hydrogen-bond donors (Lipinski definition) is 3. The molecular weight excluding hydrogens is 208 g/mol. The summed E-state index contributed by atoms with van der Waals surface area (Å²) in [6.07, 6.45) is 0. The average Bonchev–Trinajstić information content (AvgIpc) is 2.28. The Bertz CT molecular complexity index is 378. The minimum atomic E-state index is -1.09. The highest BCUT2D eigenvalue weighted by atomic mass is 16.4. The van der Waals surface area contributed by atoms with E-state index in [9.17, 15) is 9.59 Å². The van der Waals surface area contributed by atoms with Gasteiger partial charge in [-0.1, -0.05) is 30.3 Å². The number of benzene rings is 1. The predicted octanol–water partition coefficient (Wildman–Crippen LogP) is 0.276. The monoisotopic (exact) mass is 222 g/mol. The number of hydrogen-bond acceptors (Lipinski definition) is 3. The standard InChI is InChI=1S/C11H14N2O3/c1-7(11(15)16)13-10(14)9(12)8-5-3-2-4-6-8/h2-7,9H,12H2,1H3,(H,13,14)(H,15,16)/t7-,9-/m0/s1. The number of nitrogens with one attached hydrogen (secondary N) is 1. The van der Waals surface area contributed by atoms with Gasteiger partial charge in [-0.15, -0.1) is 0 Å². The van der Waals surface area contributed by atoms with Gasteiger partial charge in [0.05, 0.1) is 0 Å². The molecule has 0 unspecified atom stereocenters. The van der Waals surface area contributed by atoms with Crippen molar-refractivity contribution in [2.75, 3.05) is 0 Å². The van der Waals surface area contributed by atoms with Crippen molar-refractivity contribution in [2.45, 2.75) is 19.0 Å². The molecule has 86 valence electrons. The van der Waals surface area contributed by atoms with Gasteiger partial charge in [-0.25, -0.2) is 0 Å². The summed E-state index contributed by atoms with van der Waals surface area (Å²) in [7, 11) is 0. The molecule has 0 heterocycles. The third-order valence-electron chi connectivity index (χ3n) is 2.17. The first-order valence-corrected chi connectivity index (χ1v) is 4.86. The third-order valence-corrected chi connectivity index (χ3v) is 2.17. The maximum Gasteiger partial charge on any atom is 0.325 e. The smallest absolute Gasteiger partial charge is 0.325 e. The highest BCUT2D eigenvalue weighted by molar-refractivity contribution is 5.87. The van der Waals surface area contributed by atoms with Crippen molar-refractivity contribution in [3.8, 4) is 0 Å². The Kier molecular flexibility index (Phi) is 4.02. The molecule has 5 nitrogen and oxygen atoms in total. The highest BCUT2D eigenvalue weighted by Crippen LogP contribution is 2.09. The van der Waals surface area contributed by atoms with E-state index in [-0.39, 0.29) is 0 Å². The van der Waals surface area contributed by atoms with E-state index >= 15 is 0 Å². The minimum absolute atomic E-state index is 0.499. The van der Waals surface area contributed by atoms with Crippen molar-refractivity contribution in [1.82, 2.24) is 5.32 Å². The Morgan fingerprint density at radius 3 is 2.38 bits per heavy atom. The normalized spacial score (nSPS) is 13.9. The van der Waals surface area contributed by atoms with Crippen LogP contribution in [0.5, 0.6) is 0 Å². The molecule has 0 saturated heterocycles. The first-order chi connectivity index (χ1) is 7.52. The molecule has 0 aliphatic heterocycles. The second-order valence-electron chi connectivity index (χ2n) is 3.46. The lowest BCUT2D eigenvalue weighted by molar-refractivity contribution is -0.141. The van der Waals surface area contributed by atoms with Gasteiger partial charge in [0.1, 0.15) is 12.1 Å². The number of carbonyl (C=O) groups is 2. The molecular formula is C11H14N2O3. The lowest BCUT2D eigenvalue weighted by Crippen LogP contribution is -2.43. The van der Waals surface area contributed by atoms with Crippen molar-refractivity contribution >= 4 is 11.9 Å². The van der Waals surface area contributed by atoms with Crippen LogP contribution in [0.15, 0.2) is 30.3 Å². The summed E-state index contributed by atoms with van der Waals surface area (Å²) in [5.74, 6) is -1.59. The lowest BCUT2D eigenvalue weighted by atomic mass is 10.1. The number of carbonyl (C=O) groups excluding carboxylic acids is 1. The van der Waals surface area contributed by atoms with E-state index in [0.29, 0.717) is 5.56 Å². The number of rotatable bonds is 4.